The van der Waals surface area contributed by atoms with E-state index in [4.69, 9.17) is 23.7 Å². The van der Waals surface area contributed by atoms with Gasteiger partial charge in [-0.2, -0.15) is 0 Å². The molecule has 1 aliphatic rings. The lowest BCUT2D eigenvalue weighted by Gasteiger charge is -2.44. The fourth-order valence-electron chi connectivity index (χ4n) is 4.87. The molecule has 1 heterocycles. The highest BCUT2D eigenvalue weighted by Gasteiger charge is 2.52. The van der Waals surface area contributed by atoms with Crippen molar-refractivity contribution in [1.82, 2.24) is 0 Å². The molecule has 1 aliphatic heterocycles. The van der Waals surface area contributed by atoms with Crippen LogP contribution in [-0.4, -0.2) is 61.0 Å². The summed E-state index contributed by atoms with van der Waals surface area (Å²) in [5, 5.41) is 0. The number of benzene rings is 2. The van der Waals surface area contributed by atoms with Crippen LogP contribution in [0.4, 0.5) is 0 Å². The largest absolute Gasteiger partial charge is 0.469 e. The van der Waals surface area contributed by atoms with E-state index < -0.39 is 47.8 Å². The van der Waals surface area contributed by atoms with Crippen LogP contribution in [0.25, 0.3) is 0 Å². The topological polar surface area (TPSA) is 114 Å². The third-order valence-corrected chi connectivity index (χ3v) is 7.67. The summed E-state index contributed by atoms with van der Waals surface area (Å²) in [7, 11) is 1.39. The van der Waals surface area contributed by atoms with Crippen LogP contribution >= 0.6 is 11.8 Å². The molecule has 222 valence electrons. The molecule has 0 N–H and O–H groups in total. The fraction of sp³-hybridized carbons (Fsp3) is 0.484. The summed E-state index contributed by atoms with van der Waals surface area (Å²) < 4.78 is 27.8. The zero-order valence-electron chi connectivity index (χ0n) is 24.3. The van der Waals surface area contributed by atoms with Crippen molar-refractivity contribution in [3.63, 3.8) is 0 Å². The van der Waals surface area contributed by atoms with Crippen molar-refractivity contribution in [2.45, 2.75) is 83.2 Å². The molecule has 2 aromatic rings. The maximum atomic E-state index is 12.2. The van der Waals surface area contributed by atoms with Crippen LogP contribution in [0.1, 0.15) is 67.5 Å². The molecule has 3 rings (SSSR count). The molecule has 0 spiro atoms. The highest BCUT2D eigenvalue weighted by atomic mass is 32.2. The Balaban J connectivity index is 1.88. The average molecular weight is 587 g/mol. The second-order valence-corrected chi connectivity index (χ2v) is 10.9. The Bertz CT molecular complexity index is 1230. The van der Waals surface area contributed by atoms with Crippen LogP contribution in [0.3, 0.4) is 0 Å². The van der Waals surface area contributed by atoms with E-state index in [0.29, 0.717) is 12.8 Å². The molecule has 1 fully saturated rings. The van der Waals surface area contributed by atoms with Gasteiger partial charge in [-0.15, -0.1) is 11.8 Å². The number of rotatable bonds is 11. The molecule has 0 unspecified atom stereocenters. The quantitative estimate of drug-likeness (QED) is 0.273. The molecule has 0 aromatic heterocycles. The lowest BCUT2D eigenvalue weighted by molar-refractivity contribution is -0.233. The predicted molar refractivity (Wildman–Crippen MR) is 153 cm³/mol. The molecule has 0 radical (unpaired) electrons. The van der Waals surface area contributed by atoms with Crippen LogP contribution in [0.2, 0.25) is 0 Å². The lowest BCUT2D eigenvalue weighted by atomic mass is 9.90. The summed E-state index contributed by atoms with van der Waals surface area (Å²) in [6, 6.07) is 14.2. The van der Waals surface area contributed by atoms with Gasteiger partial charge in [0.1, 0.15) is 11.5 Å². The van der Waals surface area contributed by atoms with E-state index in [0.717, 1.165) is 40.7 Å². The maximum absolute atomic E-state index is 12.2. The fourth-order valence-corrected chi connectivity index (χ4v) is 5.58. The maximum Gasteiger partial charge on any atom is 0.305 e. The third kappa shape index (κ3) is 9.06. The van der Waals surface area contributed by atoms with Gasteiger partial charge in [0, 0.05) is 27.2 Å². The molecule has 0 amide bonds. The van der Waals surface area contributed by atoms with Gasteiger partial charge in [-0.25, -0.2) is 0 Å². The number of hydrogen-bond acceptors (Lipinski definition) is 10. The van der Waals surface area contributed by atoms with Crippen LogP contribution in [0, 0.1) is 6.92 Å². The second kappa shape index (κ2) is 15.0. The molecular weight excluding hydrogens is 548 g/mol. The monoisotopic (exact) mass is 586 g/mol. The number of ether oxygens (including phenoxy) is 5. The highest BCUT2D eigenvalue weighted by Crippen LogP contribution is 2.40. The van der Waals surface area contributed by atoms with Gasteiger partial charge in [0.2, 0.25) is 0 Å². The van der Waals surface area contributed by atoms with Gasteiger partial charge >= 0.3 is 23.9 Å². The first kappa shape index (κ1) is 32.1. The van der Waals surface area contributed by atoms with E-state index >= 15 is 0 Å². The highest BCUT2D eigenvalue weighted by molar-refractivity contribution is 7.99. The first-order chi connectivity index (χ1) is 19.5. The zero-order chi connectivity index (χ0) is 30.1. The van der Waals surface area contributed by atoms with Crippen LogP contribution in [-0.2, 0) is 55.7 Å². The van der Waals surface area contributed by atoms with E-state index in [9.17, 15) is 19.2 Å². The molecule has 0 saturated carbocycles. The first-order valence-electron chi connectivity index (χ1n) is 13.5. The van der Waals surface area contributed by atoms with E-state index in [1.165, 1.54) is 39.6 Å². The summed E-state index contributed by atoms with van der Waals surface area (Å²) in [5.41, 5.74) is 4.46. The van der Waals surface area contributed by atoms with Gasteiger partial charge in [-0.1, -0.05) is 42.5 Å². The molecular formula is C31H38O9S. The summed E-state index contributed by atoms with van der Waals surface area (Å²) >= 11 is 1.31. The Morgan fingerprint density at radius 2 is 1.41 bits per heavy atom. The normalized spacial score (nSPS) is 22.0. The van der Waals surface area contributed by atoms with Gasteiger partial charge in [-0.05, 0) is 60.3 Å². The van der Waals surface area contributed by atoms with Gasteiger partial charge in [0.25, 0.3) is 0 Å². The van der Waals surface area contributed by atoms with Crippen molar-refractivity contribution in [3.8, 4) is 0 Å². The minimum atomic E-state index is -1.06. The first-order valence-corrected chi connectivity index (χ1v) is 14.7. The molecule has 5 atom stereocenters. The summed E-state index contributed by atoms with van der Waals surface area (Å²) in [6.07, 6.45) is 0.511. The number of aryl methyl sites for hydroxylation is 2. The zero-order valence-corrected chi connectivity index (χ0v) is 25.2. The van der Waals surface area contributed by atoms with Crippen molar-refractivity contribution < 1.29 is 42.9 Å². The van der Waals surface area contributed by atoms with Gasteiger partial charge in [-0.3, -0.25) is 19.2 Å². The number of carbonyl (C=O) groups excluding carboxylic acids is 4. The van der Waals surface area contributed by atoms with Gasteiger partial charge in [0.15, 0.2) is 18.3 Å². The standard InChI is InChI=1S/C31H38O9S/c1-18-10-15-24(17-25(18)16-23-13-11-22(12-14-23)8-7-9-26(35)36-5)27-28(37-19(2)32)29(38-20(3)33)30(39-21(4)34)31(40-27)41-6/h10-15,17,27-31H,7-9,16H2,1-6H3/t27-,28-,29+,30-,31+/m0/s1. The van der Waals surface area contributed by atoms with Crippen LogP contribution in [0.5, 0.6) is 0 Å². The van der Waals surface area contributed by atoms with Gasteiger partial charge in [0.05, 0.1) is 7.11 Å². The Morgan fingerprint density at radius 1 is 0.829 bits per heavy atom. The lowest BCUT2D eigenvalue weighted by Crippen LogP contribution is -2.57. The van der Waals surface area contributed by atoms with Crippen molar-refractivity contribution in [2.75, 3.05) is 13.4 Å². The molecule has 2 aromatic carbocycles. The molecule has 41 heavy (non-hydrogen) atoms. The van der Waals surface area contributed by atoms with E-state index in [1.54, 1.807) is 6.26 Å². The minimum absolute atomic E-state index is 0.209. The number of esters is 4. The van der Waals surface area contributed by atoms with E-state index in [1.807, 2.05) is 25.1 Å². The molecule has 0 aliphatic carbocycles. The summed E-state index contributed by atoms with van der Waals surface area (Å²) in [4.78, 5) is 47.5. The number of thioether (sulfide) groups is 1. The summed E-state index contributed by atoms with van der Waals surface area (Å²) in [5.74, 6) is -1.95. The Hall–Kier alpha value is -3.37. The van der Waals surface area contributed by atoms with Crippen LogP contribution < -0.4 is 0 Å². The van der Waals surface area contributed by atoms with Gasteiger partial charge < -0.3 is 23.7 Å². The van der Waals surface area contributed by atoms with E-state index in [2.05, 4.69) is 24.3 Å². The van der Waals surface area contributed by atoms with Crippen molar-refractivity contribution >= 4 is 35.6 Å². The predicted octanol–water partition coefficient (Wildman–Crippen LogP) is 4.64. The minimum Gasteiger partial charge on any atom is -0.469 e. The van der Waals surface area contributed by atoms with Crippen LogP contribution in [0.15, 0.2) is 42.5 Å². The molecule has 0 bridgehead atoms. The number of methoxy groups -OCH3 is 1. The van der Waals surface area contributed by atoms with Crippen molar-refractivity contribution in [3.05, 3.63) is 70.3 Å². The van der Waals surface area contributed by atoms with E-state index in [-0.39, 0.29) is 5.97 Å². The Morgan fingerprint density at radius 3 is 2.00 bits per heavy atom. The summed E-state index contributed by atoms with van der Waals surface area (Å²) in [6.45, 7) is 5.80. The number of carbonyl (C=O) groups is 4. The Kier molecular flexibility index (Phi) is 11.8. The number of hydrogen-bond donors (Lipinski definition) is 0. The second-order valence-electron chi connectivity index (χ2n) is 9.99. The molecule has 1 saturated heterocycles. The molecule has 9 nitrogen and oxygen atoms in total. The SMILES string of the molecule is COC(=O)CCCc1ccc(Cc2cc([C@@H]3O[C@H](SC)[C@@H](OC(C)=O)[C@H](OC(C)=O)[C@H]3OC(C)=O)ccc2C)cc1. The smallest absolute Gasteiger partial charge is 0.305 e. The third-order valence-electron chi connectivity index (χ3n) is 6.83. The Labute approximate surface area is 245 Å². The van der Waals surface area contributed by atoms with Crippen molar-refractivity contribution in [2.24, 2.45) is 0 Å². The average Bonchev–Trinajstić information content (AvgIpc) is 2.92. The van der Waals surface area contributed by atoms with Crippen molar-refractivity contribution in [1.29, 1.82) is 0 Å². The molecule has 10 heteroatoms.